The van der Waals surface area contributed by atoms with Gasteiger partial charge in [0.1, 0.15) is 5.75 Å². The molecule has 0 aliphatic carbocycles. The number of aryl methyl sites for hydroxylation is 1. The summed E-state index contributed by atoms with van der Waals surface area (Å²) >= 11 is 7.19. The van der Waals surface area contributed by atoms with E-state index in [2.05, 4.69) is 10.9 Å². The summed E-state index contributed by atoms with van der Waals surface area (Å²) in [6.07, 6.45) is 1.84. The van der Waals surface area contributed by atoms with Gasteiger partial charge in [0.15, 0.2) is 0 Å². The number of methoxy groups -OCH3 is 1. The number of hydrogen-bond donors (Lipinski definition) is 2. The Balaban J connectivity index is 1.60. The van der Waals surface area contributed by atoms with Crippen LogP contribution in [-0.2, 0) is 16.0 Å². The van der Waals surface area contributed by atoms with Crippen molar-refractivity contribution < 1.29 is 14.3 Å². The van der Waals surface area contributed by atoms with Gasteiger partial charge in [-0.3, -0.25) is 20.4 Å². The number of ether oxygens (including phenoxy) is 1. The third kappa shape index (κ3) is 7.37. The average molecular weight is 393 g/mol. The summed E-state index contributed by atoms with van der Waals surface area (Å²) in [5.74, 6) is 0.566. The summed E-state index contributed by atoms with van der Waals surface area (Å²) < 4.78 is 5.11. The summed E-state index contributed by atoms with van der Waals surface area (Å²) in [7, 11) is 1.63. The first-order chi connectivity index (χ1) is 12.6. The first-order valence-electron chi connectivity index (χ1n) is 8.16. The van der Waals surface area contributed by atoms with Crippen LogP contribution in [0.5, 0.6) is 5.75 Å². The fourth-order valence-electron chi connectivity index (χ4n) is 2.16. The number of benzene rings is 2. The third-order valence-corrected chi connectivity index (χ3v) is 4.82. The Morgan fingerprint density at radius 2 is 1.65 bits per heavy atom. The number of hydrogen-bond acceptors (Lipinski definition) is 4. The van der Waals surface area contributed by atoms with Gasteiger partial charge in [-0.15, -0.1) is 11.8 Å². The Bertz CT molecular complexity index is 721. The number of rotatable bonds is 8. The van der Waals surface area contributed by atoms with Crippen molar-refractivity contribution in [3.63, 3.8) is 0 Å². The highest BCUT2D eigenvalue weighted by Gasteiger charge is 2.06. The number of carbonyl (C=O) groups excluding carboxylic acids is 2. The second kappa shape index (κ2) is 10.7. The maximum atomic E-state index is 11.8. The molecule has 0 fully saturated rings. The Morgan fingerprint density at radius 3 is 2.31 bits per heavy atom. The van der Waals surface area contributed by atoms with Crippen molar-refractivity contribution in [2.24, 2.45) is 0 Å². The average Bonchev–Trinajstić information content (AvgIpc) is 2.66. The molecule has 7 heteroatoms. The molecule has 0 aliphatic rings. The molecule has 2 aromatic rings. The third-order valence-electron chi connectivity index (χ3n) is 3.55. The highest BCUT2D eigenvalue weighted by Crippen LogP contribution is 2.19. The molecule has 0 saturated carbocycles. The molecule has 0 spiro atoms. The van der Waals surface area contributed by atoms with Crippen LogP contribution in [0, 0.1) is 0 Å². The van der Waals surface area contributed by atoms with Crippen LogP contribution in [0.15, 0.2) is 53.4 Å². The van der Waals surface area contributed by atoms with E-state index >= 15 is 0 Å². The number of halogens is 1. The van der Waals surface area contributed by atoms with Crippen molar-refractivity contribution in [1.82, 2.24) is 10.9 Å². The summed E-state index contributed by atoms with van der Waals surface area (Å²) in [6.45, 7) is 0. The quantitative estimate of drug-likeness (QED) is 0.532. The zero-order valence-corrected chi connectivity index (χ0v) is 16.0. The highest BCUT2D eigenvalue weighted by molar-refractivity contribution is 8.00. The van der Waals surface area contributed by atoms with Crippen LogP contribution >= 0.6 is 23.4 Å². The van der Waals surface area contributed by atoms with E-state index in [1.807, 2.05) is 36.4 Å². The predicted octanol–water partition coefficient (Wildman–Crippen LogP) is 3.61. The lowest BCUT2D eigenvalue weighted by molar-refractivity contribution is -0.127. The molecule has 2 amide bonds. The Kier molecular flexibility index (Phi) is 8.31. The van der Waals surface area contributed by atoms with Crippen LogP contribution in [0.1, 0.15) is 18.4 Å². The van der Waals surface area contributed by atoms with Gasteiger partial charge >= 0.3 is 0 Å². The SMILES string of the molecule is COc1ccc(CCCC(=O)NNC(=O)CSc2ccc(Cl)cc2)cc1. The van der Waals surface area contributed by atoms with Crippen molar-refractivity contribution in [2.75, 3.05) is 12.9 Å². The fourth-order valence-corrected chi connectivity index (χ4v) is 2.99. The van der Waals surface area contributed by atoms with Crippen molar-refractivity contribution in [3.8, 4) is 5.75 Å². The van der Waals surface area contributed by atoms with E-state index in [9.17, 15) is 9.59 Å². The Labute approximate surface area is 162 Å². The first-order valence-corrected chi connectivity index (χ1v) is 9.52. The van der Waals surface area contributed by atoms with Crippen molar-refractivity contribution in [1.29, 1.82) is 0 Å². The summed E-state index contributed by atoms with van der Waals surface area (Å²) in [6, 6.07) is 15.0. The second-order valence-electron chi connectivity index (χ2n) is 5.54. The number of hydrazine groups is 1. The molecule has 0 bridgehead atoms. The molecule has 0 aromatic heterocycles. The van der Waals surface area contributed by atoms with Gasteiger partial charge in [0.25, 0.3) is 0 Å². The number of amides is 2. The number of carbonyl (C=O) groups is 2. The lowest BCUT2D eigenvalue weighted by atomic mass is 10.1. The Morgan fingerprint density at radius 1 is 1.00 bits per heavy atom. The van der Waals surface area contributed by atoms with Gasteiger partial charge in [0.2, 0.25) is 11.8 Å². The van der Waals surface area contributed by atoms with E-state index in [0.29, 0.717) is 17.9 Å². The maximum Gasteiger partial charge on any atom is 0.248 e. The molecule has 26 heavy (non-hydrogen) atoms. The standard InChI is InChI=1S/C19H21ClN2O3S/c1-25-16-9-5-14(6-10-16)3-2-4-18(23)21-22-19(24)13-26-17-11-7-15(20)8-12-17/h5-12H,2-4,13H2,1H3,(H,21,23)(H,22,24). The fraction of sp³-hybridized carbons (Fsp3) is 0.263. The van der Waals surface area contributed by atoms with E-state index < -0.39 is 0 Å². The van der Waals surface area contributed by atoms with Crippen LogP contribution in [-0.4, -0.2) is 24.7 Å². The summed E-state index contributed by atoms with van der Waals surface area (Å²) in [5.41, 5.74) is 6.01. The second-order valence-corrected chi connectivity index (χ2v) is 7.03. The molecule has 0 aliphatic heterocycles. The molecular weight excluding hydrogens is 372 g/mol. The molecule has 0 atom stereocenters. The molecule has 2 N–H and O–H groups in total. The van der Waals surface area contributed by atoms with E-state index in [4.69, 9.17) is 16.3 Å². The monoisotopic (exact) mass is 392 g/mol. The van der Waals surface area contributed by atoms with Gasteiger partial charge in [-0.25, -0.2) is 0 Å². The maximum absolute atomic E-state index is 11.8. The van der Waals surface area contributed by atoms with E-state index in [-0.39, 0.29) is 17.6 Å². The summed E-state index contributed by atoms with van der Waals surface area (Å²) in [5, 5.41) is 0.653. The molecule has 0 heterocycles. The molecular formula is C19H21ClN2O3S. The van der Waals surface area contributed by atoms with Crippen LogP contribution < -0.4 is 15.6 Å². The molecule has 0 unspecified atom stereocenters. The number of nitrogens with one attached hydrogen (secondary N) is 2. The minimum absolute atomic E-state index is 0.205. The van der Waals surface area contributed by atoms with Crippen molar-refractivity contribution in [2.45, 2.75) is 24.2 Å². The lowest BCUT2D eigenvalue weighted by Gasteiger charge is -2.08. The normalized spacial score (nSPS) is 10.2. The smallest absolute Gasteiger partial charge is 0.248 e. The van der Waals surface area contributed by atoms with Gasteiger partial charge in [0.05, 0.1) is 12.9 Å². The van der Waals surface area contributed by atoms with Crippen molar-refractivity contribution in [3.05, 3.63) is 59.1 Å². The van der Waals surface area contributed by atoms with Crippen LogP contribution in [0.25, 0.3) is 0 Å². The first kappa shape index (κ1) is 20.1. The summed E-state index contributed by atoms with van der Waals surface area (Å²) in [4.78, 5) is 24.5. The molecule has 0 radical (unpaired) electrons. The van der Waals surface area contributed by atoms with Crippen molar-refractivity contribution >= 4 is 35.2 Å². The highest BCUT2D eigenvalue weighted by atomic mass is 35.5. The molecule has 5 nitrogen and oxygen atoms in total. The zero-order chi connectivity index (χ0) is 18.8. The van der Waals surface area contributed by atoms with E-state index in [1.165, 1.54) is 11.8 Å². The zero-order valence-electron chi connectivity index (χ0n) is 14.5. The number of thioether (sulfide) groups is 1. The predicted molar refractivity (Wildman–Crippen MR) is 104 cm³/mol. The largest absolute Gasteiger partial charge is 0.497 e. The van der Waals surface area contributed by atoms with Crippen LogP contribution in [0.2, 0.25) is 5.02 Å². The van der Waals surface area contributed by atoms with E-state index in [1.54, 1.807) is 19.2 Å². The minimum Gasteiger partial charge on any atom is -0.497 e. The molecule has 2 aromatic carbocycles. The molecule has 138 valence electrons. The van der Waals surface area contributed by atoms with Gasteiger partial charge < -0.3 is 4.74 Å². The van der Waals surface area contributed by atoms with Gasteiger partial charge in [0, 0.05) is 16.3 Å². The molecule has 2 rings (SSSR count). The van der Waals surface area contributed by atoms with Gasteiger partial charge in [-0.1, -0.05) is 23.7 Å². The minimum atomic E-state index is -0.256. The lowest BCUT2D eigenvalue weighted by Crippen LogP contribution is -2.42. The van der Waals surface area contributed by atoms with Crippen LogP contribution in [0.3, 0.4) is 0 Å². The molecule has 0 saturated heterocycles. The van der Waals surface area contributed by atoms with Gasteiger partial charge in [-0.2, -0.15) is 0 Å². The topological polar surface area (TPSA) is 67.4 Å². The van der Waals surface area contributed by atoms with Gasteiger partial charge in [-0.05, 0) is 54.8 Å². The Hall–Kier alpha value is -2.18. The van der Waals surface area contributed by atoms with Crippen LogP contribution in [0.4, 0.5) is 0 Å². The van der Waals surface area contributed by atoms with E-state index in [0.717, 1.165) is 22.6 Å².